The molecule has 2 aliphatic carbocycles. The van der Waals surface area contributed by atoms with Crippen molar-refractivity contribution in [2.45, 2.75) is 64.3 Å². The maximum Gasteiger partial charge on any atom is 0.119 e. The highest BCUT2D eigenvalue weighted by Crippen LogP contribution is 2.33. The van der Waals surface area contributed by atoms with E-state index in [2.05, 4.69) is 30.4 Å². The van der Waals surface area contributed by atoms with Crippen molar-refractivity contribution in [3.63, 3.8) is 0 Å². The summed E-state index contributed by atoms with van der Waals surface area (Å²) in [7, 11) is 0. The Bertz CT molecular complexity index is 451. The quantitative estimate of drug-likeness (QED) is 0.823. The molecule has 3 rings (SSSR count). The summed E-state index contributed by atoms with van der Waals surface area (Å²) in [5.74, 6) is 1.87. The Kier molecular flexibility index (Phi) is 5.18. The van der Waals surface area contributed by atoms with Gasteiger partial charge in [0.1, 0.15) is 5.75 Å². The van der Waals surface area contributed by atoms with Crippen molar-refractivity contribution in [3.05, 3.63) is 29.3 Å². The molecule has 1 N–H and O–H groups in total. The van der Waals surface area contributed by atoms with Crippen LogP contribution in [0.2, 0.25) is 0 Å². The van der Waals surface area contributed by atoms with Gasteiger partial charge in [0.15, 0.2) is 0 Å². The molecule has 1 atom stereocenters. The van der Waals surface area contributed by atoms with Gasteiger partial charge in [0.05, 0.1) is 6.61 Å². The maximum atomic E-state index is 6.05. The highest BCUT2D eigenvalue weighted by molar-refractivity contribution is 5.39. The van der Waals surface area contributed by atoms with Gasteiger partial charge in [-0.15, -0.1) is 0 Å². The second-order valence-electron chi connectivity index (χ2n) is 6.72. The van der Waals surface area contributed by atoms with Crippen LogP contribution in [0.1, 0.15) is 69.0 Å². The van der Waals surface area contributed by atoms with Crippen LogP contribution in [0.4, 0.5) is 0 Å². The van der Waals surface area contributed by atoms with Crippen molar-refractivity contribution in [1.29, 1.82) is 0 Å². The van der Waals surface area contributed by atoms with E-state index < -0.39 is 0 Å². The summed E-state index contributed by atoms with van der Waals surface area (Å²) in [6, 6.07) is 7.33. The molecule has 2 heteroatoms. The van der Waals surface area contributed by atoms with E-state index in [1.54, 1.807) is 0 Å². The summed E-state index contributed by atoms with van der Waals surface area (Å²) in [5, 5.41) is 3.68. The average molecular weight is 287 g/mol. The summed E-state index contributed by atoms with van der Waals surface area (Å²) in [5.41, 5.74) is 3.00. The third-order valence-electron chi connectivity index (χ3n) is 5.03. The highest BCUT2D eigenvalue weighted by Gasteiger charge is 2.20. The predicted octanol–water partition coefficient (Wildman–Crippen LogP) is 4.63. The molecule has 0 aliphatic heterocycles. The predicted molar refractivity (Wildman–Crippen MR) is 87.9 cm³/mol. The largest absolute Gasteiger partial charge is 0.493 e. The van der Waals surface area contributed by atoms with Gasteiger partial charge in [0, 0.05) is 6.04 Å². The Morgan fingerprint density at radius 3 is 2.81 bits per heavy atom. The van der Waals surface area contributed by atoms with Gasteiger partial charge in [-0.25, -0.2) is 0 Å². The lowest BCUT2D eigenvalue weighted by Crippen LogP contribution is -2.25. The monoisotopic (exact) mass is 287 g/mol. The molecule has 0 saturated heterocycles. The Hall–Kier alpha value is -1.02. The Morgan fingerprint density at radius 1 is 1.14 bits per heavy atom. The second kappa shape index (κ2) is 7.31. The van der Waals surface area contributed by atoms with Crippen LogP contribution in [-0.2, 0) is 6.42 Å². The highest BCUT2D eigenvalue weighted by atomic mass is 16.5. The minimum absolute atomic E-state index is 0.553. The molecule has 1 saturated carbocycles. The van der Waals surface area contributed by atoms with Crippen molar-refractivity contribution in [3.8, 4) is 5.75 Å². The number of nitrogens with one attached hydrogen (secondary N) is 1. The van der Waals surface area contributed by atoms with Gasteiger partial charge in [0.2, 0.25) is 0 Å². The second-order valence-corrected chi connectivity index (χ2v) is 6.72. The lowest BCUT2D eigenvalue weighted by atomic mass is 9.87. The number of fused-ring (bicyclic) bond motifs is 1. The first-order valence-corrected chi connectivity index (χ1v) is 8.86. The summed E-state index contributed by atoms with van der Waals surface area (Å²) >= 11 is 0. The minimum Gasteiger partial charge on any atom is -0.493 e. The minimum atomic E-state index is 0.553. The van der Waals surface area contributed by atoms with E-state index in [1.165, 1.54) is 62.5 Å². The first-order chi connectivity index (χ1) is 10.4. The van der Waals surface area contributed by atoms with Crippen molar-refractivity contribution in [2.75, 3.05) is 13.2 Å². The molecular weight excluding hydrogens is 258 g/mol. The van der Waals surface area contributed by atoms with Crippen LogP contribution >= 0.6 is 0 Å². The van der Waals surface area contributed by atoms with E-state index in [4.69, 9.17) is 4.74 Å². The van der Waals surface area contributed by atoms with Gasteiger partial charge in [-0.2, -0.15) is 0 Å². The molecule has 2 aliphatic rings. The number of rotatable bonds is 6. The molecule has 1 unspecified atom stereocenters. The molecule has 0 aromatic heterocycles. The number of aryl methyl sites for hydroxylation is 1. The van der Waals surface area contributed by atoms with E-state index in [0.29, 0.717) is 6.04 Å². The molecule has 0 radical (unpaired) electrons. The zero-order valence-electron chi connectivity index (χ0n) is 13.4. The molecule has 116 valence electrons. The Labute approximate surface area is 129 Å². The number of ether oxygens (including phenoxy) is 1. The van der Waals surface area contributed by atoms with Crippen LogP contribution in [0.5, 0.6) is 5.75 Å². The van der Waals surface area contributed by atoms with Crippen LogP contribution in [0.15, 0.2) is 18.2 Å². The molecule has 21 heavy (non-hydrogen) atoms. The summed E-state index contributed by atoms with van der Waals surface area (Å²) < 4.78 is 6.05. The summed E-state index contributed by atoms with van der Waals surface area (Å²) in [6.07, 6.45) is 10.5. The van der Waals surface area contributed by atoms with Crippen LogP contribution < -0.4 is 10.1 Å². The fourth-order valence-corrected chi connectivity index (χ4v) is 3.80. The van der Waals surface area contributed by atoms with Gasteiger partial charge in [0.25, 0.3) is 0 Å². The average Bonchev–Trinajstić information content (AvgIpc) is 3.04. The molecule has 1 aromatic rings. The normalized spacial score (nSPS) is 22.2. The van der Waals surface area contributed by atoms with Crippen molar-refractivity contribution < 1.29 is 4.74 Å². The Balaban J connectivity index is 1.62. The van der Waals surface area contributed by atoms with E-state index >= 15 is 0 Å². The fourth-order valence-electron chi connectivity index (χ4n) is 3.80. The van der Waals surface area contributed by atoms with Gasteiger partial charge in [-0.05, 0) is 74.2 Å². The molecule has 1 fully saturated rings. The zero-order chi connectivity index (χ0) is 14.5. The van der Waals surface area contributed by atoms with E-state index in [1.807, 2.05) is 0 Å². The Morgan fingerprint density at radius 2 is 2.00 bits per heavy atom. The standard InChI is InChI=1S/C19H29NO/c1-2-12-20-19-9-5-8-16-13-17(10-11-18(16)19)21-14-15-6-3-4-7-15/h10-11,13,15,19-20H,2-9,12,14H2,1H3. The zero-order valence-corrected chi connectivity index (χ0v) is 13.4. The van der Waals surface area contributed by atoms with E-state index in [9.17, 15) is 0 Å². The van der Waals surface area contributed by atoms with Gasteiger partial charge < -0.3 is 10.1 Å². The van der Waals surface area contributed by atoms with Crippen LogP contribution in [0.3, 0.4) is 0 Å². The molecule has 0 spiro atoms. The topological polar surface area (TPSA) is 21.3 Å². The molecule has 1 aromatic carbocycles. The fraction of sp³-hybridized carbons (Fsp3) is 0.684. The van der Waals surface area contributed by atoms with Gasteiger partial charge in [-0.1, -0.05) is 25.8 Å². The van der Waals surface area contributed by atoms with Gasteiger partial charge >= 0.3 is 0 Å². The summed E-state index contributed by atoms with van der Waals surface area (Å²) in [6.45, 7) is 4.26. The third kappa shape index (κ3) is 3.79. The first kappa shape index (κ1) is 14.9. The van der Waals surface area contributed by atoms with Crippen molar-refractivity contribution >= 4 is 0 Å². The molecule has 0 heterocycles. The molecule has 0 bridgehead atoms. The molecular formula is C19H29NO. The van der Waals surface area contributed by atoms with E-state index in [0.717, 1.165) is 24.8 Å². The number of hydrogen-bond acceptors (Lipinski definition) is 2. The maximum absolute atomic E-state index is 6.05. The molecule has 2 nitrogen and oxygen atoms in total. The van der Waals surface area contributed by atoms with E-state index in [-0.39, 0.29) is 0 Å². The van der Waals surface area contributed by atoms with Gasteiger partial charge in [-0.3, -0.25) is 0 Å². The lowest BCUT2D eigenvalue weighted by Gasteiger charge is -2.27. The number of hydrogen-bond donors (Lipinski definition) is 1. The van der Waals surface area contributed by atoms with Crippen LogP contribution in [0, 0.1) is 5.92 Å². The smallest absolute Gasteiger partial charge is 0.119 e. The summed E-state index contributed by atoms with van der Waals surface area (Å²) in [4.78, 5) is 0. The molecule has 0 amide bonds. The lowest BCUT2D eigenvalue weighted by molar-refractivity contribution is 0.251. The van der Waals surface area contributed by atoms with Crippen molar-refractivity contribution in [2.24, 2.45) is 5.92 Å². The van der Waals surface area contributed by atoms with Crippen molar-refractivity contribution in [1.82, 2.24) is 5.32 Å². The third-order valence-corrected chi connectivity index (χ3v) is 5.03. The number of benzene rings is 1. The first-order valence-electron chi connectivity index (χ1n) is 8.86. The van der Waals surface area contributed by atoms with Crippen LogP contribution in [0.25, 0.3) is 0 Å². The van der Waals surface area contributed by atoms with Crippen LogP contribution in [-0.4, -0.2) is 13.2 Å². The SMILES string of the molecule is CCCNC1CCCc2cc(OCC3CCCC3)ccc21.